The van der Waals surface area contributed by atoms with E-state index in [1.165, 1.54) is 11.0 Å². The molecule has 168 valence electrons. The highest BCUT2D eigenvalue weighted by Crippen LogP contribution is 2.30. The van der Waals surface area contributed by atoms with Gasteiger partial charge >= 0.3 is 5.97 Å². The summed E-state index contributed by atoms with van der Waals surface area (Å²) in [7, 11) is 0. The van der Waals surface area contributed by atoms with Crippen molar-refractivity contribution < 1.29 is 24.0 Å². The lowest BCUT2D eigenvalue weighted by atomic mass is 10.1. The fourth-order valence-electron chi connectivity index (χ4n) is 3.44. The van der Waals surface area contributed by atoms with Crippen molar-refractivity contribution in [3.63, 3.8) is 0 Å². The van der Waals surface area contributed by atoms with Crippen molar-refractivity contribution in [3.8, 4) is 0 Å². The number of esters is 1. The molecule has 2 aromatic carbocycles. The van der Waals surface area contributed by atoms with Crippen molar-refractivity contribution in [3.05, 3.63) is 61.6 Å². The summed E-state index contributed by atoms with van der Waals surface area (Å²) in [6.07, 6.45) is -0.0901. The van der Waals surface area contributed by atoms with Gasteiger partial charge in [0.25, 0.3) is 11.6 Å². The number of nitro benzene ring substituents is 1. The zero-order valence-corrected chi connectivity index (χ0v) is 19.4. The van der Waals surface area contributed by atoms with Crippen LogP contribution in [0.5, 0.6) is 0 Å². The molecular formula is C22H22BrN3O6. The van der Waals surface area contributed by atoms with Crippen molar-refractivity contribution in [2.75, 3.05) is 23.4 Å². The summed E-state index contributed by atoms with van der Waals surface area (Å²) in [5.74, 6) is -2.25. The lowest BCUT2D eigenvalue weighted by Gasteiger charge is -2.17. The standard InChI is InChI=1S/C22H22BrN3O6/c1-12-4-5-16(9-19(12)26(30)31)25-10-15(8-21(25)28)22(29)32-11-20(27)24-18-7-6-17(23)13(2)14(18)3/h4-7,9,15H,8,10-11H2,1-3H3,(H,24,27)/t15-/m1/s1. The van der Waals surface area contributed by atoms with Crippen LogP contribution in [0.1, 0.15) is 23.1 Å². The third-order valence-electron chi connectivity index (χ3n) is 5.50. The average Bonchev–Trinajstić information content (AvgIpc) is 3.14. The summed E-state index contributed by atoms with van der Waals surface area (Å²) < 4.78 is 6.04. The van der Waals surface area contributed by atoms with E-state index in [1.54, 1.807) is 25.1 Å². The third-order valence-corrected chi connectivity index (χ3v) is 6.36. The van der Waals surface area contributed by atoms with Gasteiger partial charge in [0.15, 0.2) is 6.61 Å². The number of ether oxygens (including phenoxy) is 1. The number of benzene rings is 2. The van der Waals surface area contributed by atoms with Gasteiger partial charge in [-0.1, -0.05) is 22.0 Å². The first kappa shape index (κ1) is 23.4. The van der Waals surface area contributed by atoms with E-state index in [-0.39, 0.29) is 24.6 Å². The second-order valence-electron chi connectivity index (χ2n) is 7.63. The smallest absolute Gasteiger partial charge is 0.311 e. The molecule has 1 fully saturated rings. The van der Waals surface area contributed by atoms with Crippen LogP contribution < -0.4 is 10.2 Å². The zero-order valence-electron chi connectivity index (χ0n) is 17.8. The van der Waals surface area contributed by atoms with E-state index < -0.39 is 29.3 Å². The minimum atomic E-state index is -0.757. The average molecular weight is 504 g/mol. The van der Waals surface area contributed by atoms with Crippen LogP contribution in [0.3, 0.4) is 0 Å². The Balaban J connectivity index is 1.59. The monoisotopic (exact) mass is 503 g/mol. The molecule has 0 unspecified atom stereocenters. The van der Waals surface area contributed by atoms with Gasteiger partial charge in [-0.15, -0.1) is 0 Å². The van der Waals surface area contributed by atoms with Crippen LogP contribution in [0, 0.1) is 36.8 Å². The molecule has 1 aliphatic rings. The van der Waals surface area contributed by atoms with Gasteiger partial charge in [-0.3, -0.25) is 24.5 Å². The Morgan fingerprint density at radius 3 is 2.62 bits per heavy atom. The highest BCUT2D eigenvalue weighted by Gasteiger charge is 2.37. The van der Waals surface area contributed by atoms with Gasteiger partial charge in [0.2, 0.25) is 5.91 Å². The molecule has 10 heteroatoms. The molecule has 1 heterocycles. The number of rotatable bonds is 6. The Kier molecular flexibility index (Phi) is 6.93. The van der Waals surface area contributed by atoms with E-state index >= 15 is 0 Å². The Bertz CT molecular complexity index is 1120. The number of hydrogen-bond donors (Lipinski definition) is 1. The number of amides is 2. The molecule has 0 spiro atoms. The SMILES string of the molecule is Cc1ccc(N2C[C@H](C(=O)OCC(=O)Nc3ccc(Br)c(C)c3C)CC2=O)cc1[N+](=O)[O-]. The largest absolute Gasteiger partial charge is 0.455 e. The Morgan fingerprint density at radius 1 is 1.22 bits per heavy atom. The van der Waals surface area contributed by atoms with Gasteiger partial charge < -0.3 is 15.0 Å². The summed E-state index contributed by atoms with van der Waals surface area (Å²) in [4.78, 5) is 49.0. The molecule has 2 aromatic rings. The summed E-state index contributed by atoms with van der Waals surface area (Å²) in [6.45, 7) is 4.95. The van der Waals surface area contributed by atoms with Gasteiger partial charge in [0, 0.05) is 34.8 Å². The Hall–Kier alpha value is -3.27. The predicted octanol–water partition coefficient (Wildman–Crippen LogP) is 3.82. The molecule has 3 rings (SSSR count). The molecule has 0 saturated carbocycles. The van der Waals surface area contributed by atoms with E-state index in [2.05, 4.69) is 21.2 Å². The number of nitrogens with one attached hydrogen (secondary N) is 1. The molecule has 32 heavy (non-hydrogen) atoms. The second-order valence-corrected chi connectivity index (χ2v) is 8.49. The van der Waals surface area contributed by atoms with Crippen molar-refractivity contribution in [1.29, 1.82) is 0 Å². The van der Waals surface area contributed by atoms with Crippen LogP contribution >= 0.6 is 15.9 Å². The van der Waals surface area contributed by atoms with Crippen molar-refractivity contribution in [2.45, 2.75) is 27.2 Å². The summed E-state index contributed by atoms with van der Waals surface area (Å²) in [5, 5.41) is 13.9. The normalized spacial score (nSPS) is 15.6. The molecule has 2 amide bonds. The fraction of sp³-hybridized carbons (Fsp3) is 0.318. The number of nitro groups is 1. The Labute approximate surface area is 193 Å². The van der Waals surface area contributed by atoms with E-state index in [0.29, 0.717) is 16.9 Å². The van der Waals surface area contributed by atoms with Gasteiger partial charge in [0.05, 0.1) is 16.5 Å². The van der Waals surface area contributed by atoms with Crippen LogP contribution in [-0.4, -0.2) is 35.9 Å². The molecule has 9 nitrogen and oxygen atoms in total. The lowest BCUT2D eigenvalue weighted by Crippen LogP contribution is -2.28. The van der Waals surface area contributed by atoms with Crippen LogP contribution in [0.4, 0.5) is 17.1 Å². The van der Waals surface area contributed by atoms with E-state index in [9.17, 15) is 24.5 Å². The van der Waals surface area contributed by atoms with Crippen molar-refractivity contribution >= 4 is 50.8 Å². The maximum Gasteiger partial charge on any atom is 0.311 e. The number of carbonyl (C=O) groups is 3. The van der Waals surface area contributed by atoms with Gasteiger partial charge in [0.1, 0.15) is 0 Å². The number of aryl methyl sites for hydroxylation is 1. The molecule has 0 aromatic heterocycles. The minimum absolute atomic E-state index is 0.0323. The van der Waals surface area contributed by atoms with Gasteiger partial charge in [-0.25, -0.2) is 0 Å². The van der Waals surface area contributed by atoms with Gasteiger partial charge in [-0.05, 0) is 50.1 Å². The first-order chi connectivity index (χ1) is 15.1. The molecule has 1 N–H and O–H groups in total. The number of halogens is 1. The van der Waals surface area contributed by atoms with Crippen LogP contribution in [-0.2, 0) is 19.1 Å². The van der Waals surface area contributed by atoms with Crippen LogP contribution in [0.25, 0.3) is 0 Å². The van der Waals surface area contributed by atoms with Crippen molar-refractivity contribution in [1.82, 2.24) is 0 Å². The first-order valence-corrected chi connectivity index (χ1v) is 10.7. The van der Waals surface area contributed by atoms with E-state index in [4.69, 9.17) is 4.74 Å². The van der Waals surface area contributed by atoms with Crippen LogP contribution in [0.2, 0.25) is 0 Å². The number of anilines is 2. The summed E-state index contributed by atoms with van der Waals surface area (Å²) in [6, 6.07) is 8.04. The molecule has 1 atom stereocenters. The fourth-order valence-corrected chi connectivity index (χ4v) is 3.87. The maximum atomic E-state index is 12.4. The van der Waals surface area contributed by atoms with E-state index in [1.807, 2.05) is 19.9 Å². The molecular weight excluding hydrogens is 482 g/mol. The van der Waals surface area contributed by atoms with Gasteiger partial charge in [-0.2, -0.15) is 0 Å². The maximum absolute atomic E-state index is 12.4. The quantitative estimate of drug-likeness (QED) is 0.363. The molecule has 1 aliphatic heterocycles. The first-order valence-electron chi connectivity index (χ1n) is 9.86. The zero-order chi connectivity index (χ0) is 23.6. The van der Waals surface area contributed by atoms with Crippen LogP contribution in [0.15, 0.2) is 34.8 Å². The number of nitrogens with zero attached hydrogens (tertiary/aromatic N) is 2. The number of carbonyl (C=O) groups excluding carboxylic acids is 3. The predicted molar refractivity (Wildman–Crippen MR) is 121 cm³/mol. The summed E-state index contributed by atoms with van der Waals surface area (Å²) in [5.41, 5.74) is 3.22. The van der Waals surface area contributed by atoms with Crippen molar-refractivity contribution in [2.24, 2.45) is 5.92 Å². The van der Waals surface area contributed by atoms with E-state index in [0.717, 1.165) is 15.6 Å². The lowest BCUT2D eigenvalue weighted by molar-refractivity contribution is -0.385. The molecule has 0 aliphatic carbocycles. The Morgan fingerprint density at radius 2 is 1.94 bits per heavy atom. The molecule has 0 bridgehead atoms. The minimum Gasteiger partial charge on any atom is -0.455 e. The topological polar surface area (TPSA) is 119 Å². The third kappa shape index (κ3) is 4.96. The highest BCUT2D eigenvalue weighted by molar-refractivity contribution is 9.10. The number of hydrogen-bond acceptors (Lipinski definition) is 6. The molecule has 1 saturated heterocycles. The highest BCUT2D eigenvalue weighted by atomic mass is 79.9. The second kappa shape index (κ2) is 9.47. The molecule has 0 radical (unpaired) electrons. The summed E-state index contributed by atoms with van der Waals surface area (Å²) >= 11 is 3.43.